The van der Waals surface area contributed by atoms with Crippen molar-refractivity contribution in [3.05, 3.63) is 0 Å². The van der Waals surface area contributed by atoms with Crippen LogP contribution in [0.2, 0.25) is 0 Å². The van der Waals surface area contributed by atoms with E-state index in [-0.39, 0.29) is 0 Å². The minimum atomic E-state index is 0.460. The number of nitrogens with zero attached hydrogens (tertiary/aromatic N) is 1. The summed E-state index contributed by atoms with van der Waals surface area (Å²) in [5.41, 5.74) is 0. The highest BCUT2D eigenvalue weighted by molar-refractivity contribution is 6.21. The molecule has 1 aliphatic carbocycles. The largest absolute Gasteiger partial charge is 0.385 e. The predicted molar refractivity (Wildman–Crippen MR) is 61.0 cm³/mol. The molecule has 0 atom stereocenters. The molecule has 0 aromatic rings. The van der Waals surface area contributed by atoms with Gasteiger partial charge >= 0.3 is 0 Å². The second kappa shape index (κ2) is 6.65. The summed E-state index contributed by atoms with van der Waals surface area (Å²) < 4.78 is 5.02. The maximum atomic E-state index is 5.94. The van der Waals surface area contributed by atoms with E-state index in [0.717, 1.165) is 12.5 Å². The minimum absolute atomic E-state index is 0.460. The van der Waals surface area contributed by atoms with Crippen LogP contribution in [0.4, 0.5) is 0 Å². The molecule has 0 heterocycles. The fourth-order valence-electron chi connectivity index (χ4n) is 1.96. The summed E-state index contributed by atoms with van der Waals surface area (Å²) in [6.07, 6.45) is 4.83. The molecule has 1 aliphatic rings. The van der Waals surface area contributed by atoms with Crippen LogP contribution >= 0.6 is 11.6 Å². The van der Waals surface area contributed by atoms with Gasteiger partial charge < -0.3 is 9.64 Å². The van der Waals surface area contributed by atoms with E-state index in [1.54, 1.807) is 7.11 Å². The Morgan fingerprint density at radius 2 is 2.07 bits per heavy atom. The molecule has 0 spiro atoms. The number of unbranched alkanes of at least 4 members (excludes halogenated alkanes) is 1. The van der Waals surface area contributed by atoms with Gasteiger partial charge in [-0.05, 0) is 45.2 Å². The van der Waals surface area contributed by atoms with Crippen molar-refractivity contribution in [3.63, 3.8) is 0 Å². The van der Waals surface area contributed by atoms with E-state index in [0.29, 0.717) is 5.38 Å². The van der Waals surface area contributed by atoms with Gasteiger partial charge in [-0.25, -0.2) is 0 Å². The first-order chi connectivity index (χ1) is 6.72. The monoisotopic (exact) mass is 219 g/mol. The Balaban J connectivity index is 1.91. The summed E-state index contributed by atoms with van der Waals surface area (Å²) in [5, 5.41) is 0.460. The second-order valence-corrected chi connectivity index (χ2v) is 5.01. The molecule has 0 radical (unpaired) electrons. The molecule has 2 nitrogen and oxygen atoms in total. The average Bonchev–Trinajstić information content (AvgIpc) is 2.10. The molecule has 1 fully saturated rings. The van der Waals surface area contributed by atoms with Crippen LogP contribution in [0.3, 0.4) is 0 Å². The zero-order valence-electron chi connectivity index (χ0n) is 9.34. The van der Waals surface area contributed by atoms with Crippen molar-refractivity contribution in [1.29, 1.82) is 0 Å². The molecule has 0 aliphatic heterocycles. The predicted octanol–water partition coefficient (Wildman–Crippen LogP) is 2.36. The van der Waals surface area contributed by atoms with Crippen molar-refractivity contribution in [2.24, 2.45) is 5.92 Å². The third kappa shape index (κ3) is 4.63. The van der Waals surface area contributed by atoms with Crippen LogP contribution in [-0.2, 0) is 4.74 Å². The van der Waals surface area contributed by atoms with Gasteiger partial charge in [-0.1, -0.05) is 0 Å². The third-order valence-electron chi connectivity index (χ3n) is 2.89. The molecule has 1 saturated carbocycles. The van der Waals surface area contributed by atoms with Crippen LogP contribution < -0.4 is 0 Å². The van der Waals surface area contributed by atoms with Crippen LogP contribution in [0.5, 0.6) is 0 Å². The molecule has 0 amide bonds. The summed E-state index contributed by atoms with van der Waals surface area (Å²) >= 11 is 5.94. The summed E-state index contributed by atoms with van der Waals surface area (Å²) in [4.78, 5) is 2.42. The number of ether oxygens (including phenoxy) is 1. The molecule has 3 heteroatoms. The molecule has 1 rings (SSSR count). The van der Waals surface area contributed by atoms with Gasteiger partial charge in [-0.3, -0.25) is 0 Å². The summed E-state index contributed by atoms with van der Waals surface area (Å²) in [6, 6.07) is 0. The van der Waals surface area contributed by atoms with Gasteiger partial charge in [0.1, 0.15) is 0 Å². The Morgan fingerprint density at radius 3 is 2.64 bits per heavy atom. The molecule has 0 aromatic heterocycles. The second-order valence-electron chi connectivity index (χ2n) is 4.40. The van der Waals surface area contributed by atoms with Gasteiger partial charge in [0.25, 0.3) is 0 Å². The number of alkyl halides is 1. The lowest BCUT2D eigenvalue weighted by atomic mass is 9.84. The molecule has 84 valence electrons. The Hall–Kier alpha value is 0.210. The lowest BCUT2D eigenvalue weighted by molar-refractivity contribution is 0.176. The molecular formula is C11H22ClNO. The zero-order valence-corrected chi connectivity index (χ0v) is 10.1. The number of hydrogen-bond acceptors (Lipinski definition) is 2. The molecule has 14 heavy (non-hydrogen) atoms. The summed E-state index contributed by atoms with van der Waals surface area (Å²) in [5.74, 6) is 0.852. The van der Waals surface area contributed by atoms with Gasteiger partial charge in [0.05, 0.1) is 0 Å². The van der Waals surface area contributed by atoms with Crippen LogP contribution in [0.1, 0.15) is 25.7 Å². The van der Waals surface area contributed by atoms with Crippen molar-refractivity contribution in [2.45, 2.75) is 31.1 Å². The van der Waals surface area contributed by atoms with Gasteiger partial charge in [-0.15, -0.1) is 11.6 Å². The van der Waals surface area contributed by atoms with Gasteiger partial charge in [-0.2, -0.15) is 0 Å². The van der Waals surface area contributed by atoms with E-state index in [2.05, 4.69) is 11.9 Å². The fourth-order valence-corrected chi connectivity index (χ4v) is 2.47. The topological polar surface area (TPSA) is 12.5 Å². The fraction of sp³-hybridized carbons (Fsp3) is 1.00. The molecule has 0 aromatic carbocycles. The maximum absolute atomic E-state index is 5.94. The van der Waals surface area contributed by atoms with Gasteiger partial charge in [0.15, 0.2) is 0 Å². The first kappa shape index (κ1) is 12.3. The maximum Gasteiger partial charge on any atom is 0.0462 e. The summed E-state index contributed by atoms with van der Waals surface area (Å²) in [6.45, 7) is 3.30. The number of rotatable bonds is 7. The van der Waals surface area contributed by atoms with Crippen LogP contribution in [0, 0.1) is 5.92 Å². The number of halogens is 1. The smallest absolute Gasteiger partial charge is 0.0462 e. The van der Waals surface area contributed by atoms with Crippen LogP contribution in [0.15, 0.2) is 0 Å². The van der Waals surface area contributed by atoms with Crippen LogP contribution in [-0.4, -0.2) is 44.1 Å². The molecule has 0 bridgehead atoms. The highest BCUT2D eigenvalue weighted by Gasteiger charge is 2.27. The minimum Gasteiger partial charge on any atom is -0.385 e. The van der Waals surface area contributed by atoms with Gasteiger partial charge in [0.2, 0.25) is 0 Å². The SMILES string of the molecule is COCCCCN(C)CC1CC(Cl)C1. The molecule has 0 saturated heterocycles. The van der Waals surface area contributed by atoms with Crippen molar-refractivity contribution in [3.8, 4) is 0 Å². The Bertz CT molecular complexity index is 148. The third-order valence-corrected chi connectivity index (χ3v) is 3.24. The van der Waals surface area contributed by atoms with Crippen LogP contribution in [0.25, 0.3) is 0 Å². The van der Waals surface area contributed by atoms with E-state index in [1.165, 1.54) is 38.8 Å². The van der Waals surface area contributed by atoms with Crippen molar-refractivity contribution in [2.75, 3.05) is 33.9 Å². The number of methoxy groups -OCH3 is 1. The van der Waals surface area contributed by atoms with E-state index in [9.17, 15) is 0 Å². The normalized spacial score (nSPS) is 26.6. The van der Waals surface area contributed by atoms with Crippen molar-refractivity contribution >= 4 is 11.6 Å². The lowest BCUT2D eigenvalue weighted by Crippen LogP contribution is -2.35. The van der Waals surface area contributed by atoms with E-state index in [4.69, 9.17) is 16.3 Å². The standard InChI is InChI=1S/C11H22ClNO/c1-13(5-3-4-6-14-2)9-10-7-11(12)8-10/h10-11H,3-9H2,1-2H3. The first-order valence-corrected chi connectivity index (χ1v) is 5.97. The van der Waals surface area contributed by atoms with E-state index in [1.807, 2.05) is 0 Å². The Kier molecular flexibility index (Phi) is 5.83. The lowest BCUT2D eigenvalue weighted by Gasteiger charge is -2.34. The Morgan fingerprint density at radius 1 is 1.36 bits per heavy atom. The van der Waals surface area contributed by atoms with E-state index >= 15 is 0 Å². The zero-order chi connectivity index (χ0) is 10.4. The highest BCUT2D eigenvalue weighted by atomic mass is 35.5. The average molecular weight is 220 g/mol. The van der Waals surface area contributed by atoms with E-state index < -0.39 is 0 Å². The molecule has 0 unspecified atom stereocenters. The molecular weight excluding hydrogens is 198 g/mol. The quantitative estimate of drug-likeness (QED) is 0.482. The molecule has 0 N–H and O–H groups in total. The van der Waals surface area contributed by atoms with Gasteiger partial charge in [0, 0.05) is 25.6 Å². The Labute approximate surface area is 92.6 Å². The summed E-state index contributed by atoms with van der Waals surface area (Å²) in [7, 11) is 3.97. The highest BCUT2D eigenvalue weighted by Crippen LogP contribution is 2.32. The first-order valence-electron chi connectivity index (χ1n) is 5.54. The van der Waals surface area contributed by atoms with Crippen molar-refractivity contribution in [1.82, 2.24) is 4.90 Å². The number of hydrogen-bond donors (Lipinski definition) is 0. The van der Waals surface area contributed by atoms with Crippen molar-refractivity contribution < 1.29 is 4.74 Å².